The van der Waals surface area contributed by atoms with Crippen molar-refractivity contribution in [2.45, 2.75) is 37.2 Å². The van der Waals surface area contributed by atoms with Crippen LogP contribution in [0.1, 0.15) is 47.8 Å². The first-order valence-corrected chi connectivity index (χ1v) is 8.98. The van der Waals surface area contributed by atoms with Crippen LogP contribution in [0.25, 0.3) is 0 Å². The maximum atomic E-state index is 11.3. The molecule has 2 fully saturated rings. The van der Waals surface area contributed by atoms with Crippen LogP contribution in [0.4, 0.5) is 0 Å². The van der Waals surface area contributed by atoms with E-state index in [4.69, 9.17) is 34.7 Å². The molecule has 25 heavy (non-hydrogen) atoms. The molecule has 0 spiro atoms. The van der Waals surface area contributed by atoms with Crippen molar-refractivity contribution in [1.82, 2.24) is 9.55 Å². The van der Waals surface area contributed by atoms with E-state index in [1.165, 1.54) is 6.08 Å². The number of hydrogen-bond acceptors (Lipinski definition) is 5. The average Bonchev–Trinajstić information content (AvgIpc) is 3.15. The highest BCUT2D eigenvalue weighted by Crippen LogP contribution is 2.56. The van der Waals surface area contributed by atoms with Gasteiger partial charge >= 0.3 is 0 Å². The lowest BCUT2D eigenvalue weighted by atomic mass is 9.87. The van der Waals surface area contributed by atoms with E-state index in [0.717, 1.165) is 24.8 Å². The first-order chi connectivity index (χ1) is 11.7. The number of aliphatic hydroxyl groups is 1. The van der Waals surface area contributed by atoms with Crippen LogP contribution >= 0.6 is 23.2 Å². The highest BCUT2D eigenvalue weighted by Gasteiger charge is 2.51. The Labute approximate surface area is 156 Å². The Morgan fingerprint density at radius 1 is 1.36 bits per heavy atom. The van der Waals surface area contributed by atoms with E-state index < -0.39 is 5.60 Å². The summed E-state index contributed by atoms with van der Waals surface area (Å²) in [4.78, 5) is 15.7. The normalized spacial score (nSPS) is 33.3. The second-order valence-electron chi connectivity index (χ2n) is 7.16. The molecule has 2 aliphatic rings. The maximum absolute atomic E-state index is 11.3. The quantitative estimate of drug-likeness (QED) is 0.419. The van der Waals surface area contributed by atoms with E-state index in [-0.39, 0.29) is 16.2 Å². The monoisotopic (exact) mass is 384 g/mol. The van der Waals surface area contributed by atoms with Crippen LogP contribution < -0.4 is 11.5 Å². The molecule has 6 nitrogen and oxygen atoms in total. The lowest BCUT2D eigenvalue weighted by Crippen LogP contribution is -2.30. The molecule has 5 N–H and O–H groups in total. The van der Waals surface area contributed by atoms with Gasteiger partial charge in [-0.3, -0.25) is 4.79 Å². The molecule has 0 saturated heterocycles. The van der Waals surface area contributed by atoms with Crippen molar-refractivity contribution in [3.63, 3.8) is 0 Å². The van der Waals surface area contributed by atoms with Gasteiger partial charge in [0.2, 0.25) is 0 Å². The molecule has 1 aromatic heterocycles. The van der Waals surface area contributed by atoms with Crippen molar-refractivity contribution in [1.29, 1.82) is 0 Å². The van der Waals surface area contributed by atoms with Gasteiger partial charge in [0.05, 0.1) is 22.8 Å². The van der Waals surface area contributed by atoms with Crippen molar-refractivity contribution in [3.8, 4) is 0 Å². The Hall–Kier alpha value is -1.50. The van der Waals surface area contributed by atoms with E-state index in [0.29, 0.717) is 35.9 Å². The number of rotatable bonds is 4. The molecule has 1 aromatic rings. The zero-order chi connectivity index (χ0) is 18.4. The summed E-state index contributed by atoms with van der Waals surface area (Å²) < 4.78 is 1.75. The van der Waals surface area contributed by atoms with E-state index in [1.807, 2.05) is 7.05 Å². The summed E-state index contributed by atoms with van der Waals surface area (Å²) >= 11 is 11.7. The van der Waals surface area contributed by atoms with Crippen LogP contribution in [-0.4, -0.2) is 26.5 Å². The molecule has 3 rings (SSSR count). The summed E-state index contributed by atoms with van der Waals surface area (Å²) in [6, 6.07) is 0. The Bertz CT molecular complexity index is 734. The number of carbonyl (C=O) groups is 1. The van der Waals surface area contributed by atoms with Gasteiger partial charge in [-0.25, -0.2) is 4.98 Å². The third-order valence-electron chi connectivity index (χ3n) is 5.59. The minimum absolute atomic E-state index is 0.00981. The average molecular weight is 385 g/mol. The Morgan fingerprint density at radius 2 is 1.96 bits per heavy atom. The zero-order valence-electron chi connectivity index (χ0n) is 14.0. The fraction of sp³-hybridized carbons (Fsp3) is 0.529. The maximum Gasteiger partial charge on any atom is 0.168 e. The lowest BCUT2D eigenvalue weighted by Gasteiger charge is -2.26. The Kier molecular flexibility index (Phi) is 4.88. The predicted octanol–water partition coefficient (Wildman–Crippen LogP) is 2.32. The predicted molar refractivity (Wildman–Crippen MR) is 96.9 cm³/mol. The molecule has 0 aromatic carbocycles. The first-order valence-electron chi connectivity index (χ1n) is 8.22. The molecule has 136 valence electrons. The number of aryl methyl sites for hydroxylation is 1. The van der Waals surface area contributed by atoms with Gasteiger partial charge in [-0.05, 0) is 43.6 Å². The van der Waals surface area contributed by atoms with Crippen LogP contribution in [0.5, 0.6) is 0 Å². The second-order valence-corrected chi connectivity index (χ2v) is 8.01. The standard InChI is InChI=1S/C17H22Cl2N4O2/c1-23-8-22-15(13(23)7-24)9-2-10-5-17(25,6-11(10)3-9)12(16(19)21)4-14(18)20/h4,7-11,25H,2-3,5-6,20-21H2,1H3/b14-4-,16-12?. The minimum atomic E-state index is -1.12. The Balaban J connectivity index is 1.79. The number of fused-ring (bicyclic) bond motifs is 1. The topological polar surface area (TPSA) is 107 Å². The molecule has 8 heteroatoms. The number of halogens is 2. The molecule has 0 radical (unpaired) electrons. The lowest BCUT2D eigenvalue weighted by molar-refractivity contribution is 0.0788. The van der Waals surface area contributed by atoms with Gasteiger partial charge in [-0.1, -0.05) is 23.2 Å². The van der Waals surface area contributed by atoms with Crippen LogP contribution in [0.3, 0.4) is 0 Å². The van der Waals surface area contributed by atoms with E-state index in [9.17, 15) is 9.90 Å². The van der Waals surface area contributed by atoms with Gasteiger partial charge in [0.15, 0.2) is 6.29 Å². The van der Waals surface area contributed by atoms with Crippen molar-refractivity contribution in [2.75, 3.05) is 0 Å². The van der Waals surface area contributed by atoms with Crippen LogP contribution in [0.15, 0.2) is 28.3 Å². The Morgan fingerprint density at radius 3 is 2.44 bits per heavy atom. The summed E-state index contributed by atoms with van der Waals surface area (Å²) in [5.74, 6) is 0.857. The zero-order valence-corrected chi connectivity index (χ0v) is 15.5. The van der Waals surface area contributed by atoms with E-state index in [1.54, 1.807) is 10.9 Å². The van der Waals surface area contributed by atoms with Crippen molar-refractivity contribution >= 4 is 29.5 Å². The van der Waals surface area contributed by atoms with Crippen LogP contribution in [0, 0.1) is 11.8 Å². The summed E-state index contributed by atoms with van der Waals surface area (Å²) in [5.41, 5.74) is 12.0. The van der Waals surface area contributed by atoms with Crippen molar-refractivity contribution in [2.24, 2.45) is 30.4 Å². The largest absolute Gasteiger partial charge is 0.389 e. The summed E-state index contributed by atoms with van der Waals surface area (Å²) in [7, 11) is 1.82. The van der Waals surface area contributed by atoms with Gasteiger partial charge in [-0.15, -0.1) is 0 Å². The molecule has 2 unspecified atom stereocenters. The fourth-order valence-electron chi connectivity index (χ4n) is 4.59. The smallest absolute Gasteiger partial charge is 0.168 e. The number of hydrogen-bond donors (Lipinski definition) is 3. The minimum Gasteiger partial charge on any atom is -0.389 e. The number of nitrogens with two attached hydrogens (primary N) is 2. The van der Waals surface area contributed by atoms with E-state index >= 15 is 0 Å². The fourth-order valence-corrected chi connectivity index (χ4v) is 4.92. The second kappa shape index (κ2) is 6.67. The van der Waals surface area contributed by atoms with Crippen molar-refractivity contribution in [3.05, 3.63) is 39.7 Å². The molecule has 1 heterocycles. The molecule has 0 bridgehead atoms. The van der Waals surface area contributed by atoms with Crippen LogP contribution in [0.2, 0.25) is 0 Å². The molecule has 2 aliphatic carbocycles. The van der Waals surface area contributed by atoms with E-state index in [2.05, 4.69) is 4.98 Å². The third-order valence-corrected chi connectivity index (χ3v) is 5.91. The number of imidazole rings is 1. The molecular formula is C17H22Cl2N4O2. The summed E-state index contributed by atoms with van der Waals surface area (Å²) in [6.45, 7) is 0. The highest BCUT2D eigenvalue weighted by molar-refractivity contribution is 6.31. The number of aromatic nitrogens is 2. The molecule has 2 saturated carbocycles. The van der Waals surface area contributed by atoms with Gasteiger partial charge in [-0.2, -0.15) is 0 Å². The summed E-state index contributed by atoms with van der Waals surface area (Å²) in [5, 5.41) is 11.1. The SMILES string of the molecule is Cn1cnc(C2CC3CC(O)(C(/C=C(\N)Cl)=C(N)Cl)CC3C2)c1C=O. The highest BCUT2D eigenvalue weighted by atomic mass is 35.5. The first kappa shape index (κ1) is 18.3. The number of nitrogens with zero attached hydrogens (tertiary/aromatic N) is 2. The van der Waals surface area contributed by atoms with Gasteiger partial charge in [0, 0.05) is 18.5 Å². The van der Waals surface area contributed by atoms with Gasteiger partial charge < -0.3 is 21.1 Å². The molecule has 0 aliphatic heterocycles. The summed E-state index contributed by atoms with van der Waals surface area (Å²) in [6.07, 6.45) is 6.80. The van der Waals surface area contributed by atoms with Gasteiger partial charge in [0.25, 0.3) is 0 Å². The third kappa shape index (κ3) is 3.30. The van der Waals surface area contributed by atoms with Gasteiger partial charge in [0.1, 0.15) is 10.9 Å². The van der Waals surface area contributed by atoms with Crippen molar-refractivity contribution < 1.29 is 9.90 Å². The number of carbonyl (C=O) groups excluding carboxylic acids is 1. The number of aldehydes is 1. The molecule has 2 atom stereocenters. The molecule has 0 amide bonds. The molecular weight excluding hydrogens is 363 g/mol. The van der Waals surface area contributed by atoms with Crippen LogP contribution in [-0.2, 0) is 7.05 Å².